The molecule has 8 N–H and O–H groups in total. The van der Waals surface area contributed by atoms with Gasteiger partial charge in [-0.1, -0.05) is 20.8 Å². The number of aliphatic carboxylic acids is 4. The molecule has 24 heteroatoms. The van der Waals surface area contributed by atoms with Crippen LogP contribution in [0.15, 0.2) is 0 Å². The summed E-state index contributed by atoms with van der Waals surface area (Å²) < 4.78 is 0. The number of carbonyl (C=O) groups is 12. The van der Waals surface area contributed by atoms with Gasteiger partial charge in [0.15, 0.2) is 5.78 Å². The molecule has 0 aliphatic heterocycles. The Morgan fingerprint density at radius 1 is 0.329 bits per heavy atom. The second-order valence-corrected chi connectivity index (χ2v) is 21.2. The van der Waals surface area contributed by atoms with Gasteiger partial charge in [0.1, 0.15) is 24.2 Å². The zero-order valence-corrected chi connectivity index (χ0v) is 42.5. The molecule has 6 unspecified atom stereocenters. The van der Waals surface area contributed by atoms with E-state index in [2.05, 4.69) is 42.5 Å². The van der Waals surface area contributed by atoms with E-state index in [1.54, 1.807) is 83.1 Å². The van der Waals surface area contributed by atoms with Gasteiger partial charge in [0.2, 0.25) is 41.4 Å². The third-order valence-corrected chi connectivity index (χ3v) is 9.73. The third kappa shape index (κ3) is 29.0. The quantitative estimate of drug-likeness (QED) is 0.0335. The van der Waals surface area contributed by atoms with E-state index in [4.69, 9.17) is 0 Å². The number of ketones is 1. The van der Waals surface area contributed by atoms with Crippen LogP contribution in [0.3, 0.4) is 0 Å². The molecular weight excluding hydrogens is 921 g/mol. The van der Waals surface area contributed by atoms with Crippen LogP contribution in [0.25, 0.3) is 0 Å². The van der Waals surface area contributed by atoms with Crippen molar-refractivity contribution in [3.8, 4) is 0 Å². The third-order valence-electron chi connectivity index (χ3n) is 9.73. The Morgan fingerprint density at radius 2 is 0.557 bits per heavy atom. The second kappa shape index (κ2) is 28.5. The fourth-order valence-electron chi connectivity index (χ4n) is 6.58. The zero-order chi connectivity index (χ0) is 54.5. The summed E-state index contributed by atoms with van der Waals surface area (Å²) in [4.78, 5) is 154. The smallest absolute Gasteiger partial charge is 0.243 e. The molecule has 0 rings (SSSR count). The predicted octanol–water partition coefficient (Wildman–Crippen LogP) is -4.71. The molecular formula is C46H74N8O16-4. The van der Waals surface area contributed by atoms with Crippen LogP contribution in [0.4, 0.5) is 0 Å². The molecule has 0 spiro atoms. The molecule has 0 aromatic carbocycles. The number of hydrogen-bond acceptors (Lipinski definition) is 17. The molecule has 0 radical (unpaired) electrons. The number of rotatable bonds is 30. The molecule has 398 valence electrons. The lowest BCUT2D eigenvalue weighted by Crippen LogP contribution is -2.60. The van der Waals surface area contributed by atoms with Crippen LogP contribution >= 0.6 is 0 Å². The summed E-state index contributed by atoms with van der Waals surface area (Å²) in [6, 6.07) is -9.73. The maximum Gasteiger partial charge on any atom is 0.243 e. The first kappa shape index (κ1) is 63.8. The van der Waals surface area contributed by atoms with Crippen molar-refractivity contribution in [3.05, 3.63) is 0 Å². The molecule has 0 aliphatic rings. The molecule has 0 aromatic rings. The molecule has 0 saturated carbocycles. The maximum absolute atomic E-state index is 14.0. The van der Waals surface area contributed by atoms with E-state index in [1.165, 1.54) is 0 Å². The van der Waals surface area contributed by atoms with Crippen molar-refractivity contribution in [3.63, 3.8) is 0 Å². The number of nitrogens with one attached hydrogen (secondary N) is 8. The minimum Gasteiger partial charge on any atom is -0.550 e. The monoisotopic (exact) mass is 995 g/mol. The van der Waals surface area contributed by atoms with Gasteiger partial charge in [0.25, 0.3) is 0 Å². The second-order valence-electron chi connectivity index (χ2n) is 21.2. The summed E-state index contributed by atoms with van der Waals surface area (Å²) in [5.74, 6) is -13.7. The van der Waals surface area contributed by atoms with Gasteiger partial charge in [-0.05, 0) is 127 Å². The Morgan fingerprint density at radius 3 is 0.800 bits per heavy atom. The Kier molecular flexibility index (Phi) is 25.9. The van der Waals surface area contributed by atoms with Crippen LogP contribution in [-0.4, -0.2) is 124 Å². The Labute approximate surface area is 409 Å². The topological polar surface area (TPSA) is 393 Å². The molecule has 0 saturated heterocycles. The number of hydrogen-bond donors (Lipinski definition) is 8. The van der Waals surface area contributed by atoms with Crippen LogP contribution in [0.5, 0.6) is 0 Å². The van der Waals surface area contributed by atoms with Crippen LogP contribution in [0.1, 0.15) is 160 Å². The Bertz CT molecular complexity index is 1890. The zero-order valence-electron chi connectivity index (χ0n) is 42.5. The summed E-state index contributed by atoms with van der Waals surface area (Å²) in [6.07, 6.45) is -6.78. The molecule has 7 amide bonds. The van der Waals surface area contributed by atoms with Crippen molar-refractivity contribution >= 4 is 71.0 Å². The van der Waals surface area contributed by atoms with E-state index in [9.17, 15) is 78.0 Å². The van der Waals surface area contributed by atoms with Crippen LogP contribution in [0.2, 0.25) is 0 Å². The first-order chi connectivity index (χ1) is 31.8. The van der Waals surface area contributed by atoms with E-state index >= 15 is 0 Å². The first-order valence-corrected chi connectivity index (χ1v) is 23.1. The van der Waals surface area contributed by atoms with Gasteiger partial charge < -0.3 is 82.1 Å². The molecule has 0 bridgehead atoms. The highest BCUT2D eigenvalue weighted by Crippen LogP contribution is 2.20. The lowest BCUT2D eigenvalue weighted by molar-refractivity contribution is -0.307. The Balaban J connectivity index is 6.99. The maximum atomic E-state index is 14.0. The summed E-state index contributed by atoms with van der Waals surface area (Å²) in [7, 11) is 0. The van der Waals surface area contributed by atoms with E-state index < -0.39 is 181 Å². The van der Waals surface area contributed by atoms with Crippen molar-refractivity contribution in [1.29, 1.82) is 0 Å². The van der Waals surface area contributed by atoms with E-state index in [-0.39, 0.29) is 25.7 Å². The average molecular weight is 995 g/mol. The molecule has 24 nitrogen and oxygen atoms in total. The van der Waals surface area contributed by atoms with Crippen LogP contribution in [-0.2, 0) is 57.5 Å². The minimum absolute atomic E-state index is 0.209. The Hall–Kier alpha value is -6.20. The van der Waals surface area contributed by atoms with E-state index in [0.29, 0.717) is 0 Å². The number of amides is 7. The average Bonchev–Trinajstić information content (AvgIpc) is 3.18. The predicted molar refractivity (Wildman–Crippen MR) is 242 cm³/mol. The van der Waals surface area contributed by atoms with Crippen molar-refractivity contribution in [1.82, 2.24) is 42.5 Å². The standard InChI is InChI=1S/C46H78N8O16/c1-43(2,3)37(65)25(13-19-31(55)53-45(7,8)9)47-38(66)27(15-21-33(57)58)48-40(68)29(17-23-35(61)62)50-41(69)28(16-22-34(59)60)49-39(67)26(14-20-32(56)54-46(10,11)12)51-42(70)30(18-24-36(63)64)52-44(4,5)6/h25-30,52H,13-24H2,1-12H3,(H,47,66)(H,48,68)(H,49,67)(H,50,69)(H,51,70)(H,53,55)(H,54,56)(H,57,58)(H,59,60)(H,61,62)(H,63,64)/p-4. The first-order valence-electron chi connectivity index (χ1n) is 23.1. The SMILES string of the molecule is CC(C)(C)NC(=O)CCC(NC(=O)C(CCC(=O)[O-])NC(C)(C)C)C(=O)NC(CCC(=O)[O-])C(=O)NC(CCC(=O)[O-])C(=O)NC(CCC(=O)[O-])C(=O)NC(CCC(=O)NC(C)(C)C)C(=O)C(C)(C)C. The van der Waals surface area contributed by atoms with Gasteiger partial charge in [0, 0.05) is 58.8 Å². The summed E-state index contributed by atoms with van der Waals surface area (Å²) >= 11 is 0. The number of carboxylic acids is 4. The molecule has 0 heterocycles. The van der Waals surface area contributed by atoms with Crippen LogP contribution < -0.4 is 63.0 Å². The van der Waals surface area contributed by atoms with E-state index in [1.807, 2.05) is 0 Å². The normalized spacial score (nSPS) is 14.5. The molecule has 0 aliphatic carbocycles. The fourth-order valence-corrected chi connectivity index (χ4v) is 6.58. The lowest BCUT2D eigenvalue weighted by Gasteiger charge is -2.30. The summed E-state index contributed by atoms with van der Waals surface area (Å²) in [5.41, 5.74) is -3.17. The van der Waals surface area contributed by atoms with Gasteiger partial charge in [-0.25, -0.2) is 0 Å². The van der Waals surface area contributed by atoms with Gasteiger partial charge >= 0.3 is 0 Å². The van der Waals surface area contributed by atoms with Crippen molar-refractivity contribution in [2.24, 2.45) is 5.41 Å². The summed E-state index contributed by atoms with van der Waals surface area (Å²) in [5, 5.41) is 66.1. The molecule has 6 atom stereocenters. The fraction of sp³-hybridized carbons (Fsp3) is 0.739. The van der Waals surface area contributed by atoms with Gasteiger partial charge in [-0.3, -0.25) is 38.4 Å². The van der Waals surface area contributed by atoms with Crippen molar-refractivity contribution < 1.29 is 78.0 Å². The molecule has 70 heavy (non-hydrogen) atoms. The number of carboxylic acid groups (broad SMARTS) is 4. The van der Waals surface area contributed by atoms with E-state index in [0.717, 1.165) is 0 Å². The highest BCUT2D eigenvalue weighted by Gasteiger charge is 2.36. The minimum atomic E-state index is -1.90. The number of carbonyl (C=O) groups excluding carboxylic acids is 12. The lowest BCUT2D eigenvalue weighted by atomic mass is 9.84. The summed E-state index contributed by atoms with van der Waals surface area (Å²) in [6.45, 7) is 20.0. The molecule has 0 aromatic heterocycles. The van der Waals surface area contributed by atoms with Crippen LogP contribution in [0, 0.1) is 5.41 Å². The van der Waals surface area contributed by atoms with Crippen molar-refractivity contribution in [2.45, 2.75) is 213 Å². The number of Topliss-reactive ketones (excluding diaryl/α,β-unsaturated/α-hetero) is 1. The van der Waals surface area contributed by atoms with Gasteiger partial charge in [0.05, 0.1) is 12.1 Å². The highest BCUT2D eigenvalue weighted by molar-refractivity contribution is 5.98. The highest BCUT2D eigenvalue weighted by atomic mass is 16.4. The van der Waals surface area contributed by atoms with Crippen molar-refractivity contribution in [2.75, 3.05) is 0 Å². The molecule has 0 fully saturated rings. The van der Waals surface area contributed by atoms with Gasteiger partial charge in [-0.2, -0.15) is 0 Å². The largest absolute Gasteiger partial charge is 0.550 e. The van der Waals surface area contributed by atoms with Gasteiger partial charge in [-0.15, -0.1) is 0 Å².